The molecule has 5 heteroatoms. The third kappa shape index (κ3) is 3.45. The zero-order chi connectivity index (χ0) is 13.1. The molecule has 1 heterocycles. The van der Waals surface area contributed by atoms with Crippen LogP contribution in [0.15, 0.2) is 0 Å². The number of nitrogens with zero attached hydrogens (tertiary/aromatic N) is 2. The van der Waals surface area contributed by atoms with Crippen molar-refractivity contribution in [3.63, 3.8) is 0 Å². The van der Waals surface area contributed by atoms with Crippen LogP contribution in [0.2, 0.25) is 0 Å². The largest absolute Gasteiger partial charge is 0.353 e. The highest BCUT2D eigenvalue weighted by Crippen LogP contribution is 2.20. The van der Waals surface area contributed by atoms with Gasteiger partial charge >= 0.3 is 0 Å². The van der Waals surface area contributed by atoms with Crippen LogP contribution in [0.25, 0.3) is 0 Å². The second-order valence-corrected chi connectivity index (χ2v) is 5.00. The van der Waals surface area contributed by atoms with E-state index in [1.54, 1.807) is 18.7 Å². The molecule has 1 aliphatic rings. The number of nitrogens with one attached hydrogen (secondary N) is 1. The van der Waals surface area contributed by atoms with E-state index in [0.29, 0.717) is 13.1 Å². The summed E-state index contributed by atoms with van der Waals surface area (Å²) in [6.45, 7) is 5.98. The lowest BCUT2D eigenvalue weighted by molar-refractivity contribution is -0.138. The van der Waals surface area contributed by atoms with Gasteiger partial charge in [0.05, 0.1) is 6.07 Å². The normalized spacial score (nSPS) is 17.4. The Kier molecular flexibility index (Phi) is 4.11. The number of rotatable bonds is 2. The highest BCUT2D eigenvalue weighted by molar-refractivity contribution is 5.84. The van der Waals surface area contributed by atoms with Gasteiger partial charge in [-0.1, -0.05) is 0 Å². The molecule has 1 fully saturated rings. The number of likely N-dealkylation sites (tertiary alicyclic amines) is 1. The van der Waals surface area contributed by atoms with Gasteiger partial charge in [-0.2, -0.15) is 5.26 Å². The summed E-state index contributed by atoms with van der Waals surface area (Å²) in [7, 11) is 0. The third-order valence-electron chi connectivity index (χ3n) is 3.00. The van der Waals surface area contributed by atoms with Gasteiger partial charge in [0.15, 0.2) is 0 Å². The van der Waals surface area contributed by atoms with Gasteiger partial charge in [0, 0.05) is 26.1 Å². The first-order valence-electron chi connectivity index (χ1n) is 5.84. The molecule has 1 aliphatic heterocycles. The lowest BCUT2D eigenvalue weighted by atomic mass is 9.92. The molecule has 0 atom stereocenters. The summed E-state index contributed by atoms with van der Waals surface area (Å²) in [5.41, 5.74) is -0.957. The van der Waals surface area contributed by atoms with Crippen molar-refractivity contribution in [1.29, 1.82) is 5.26 Å². The smallest absolute Gasteiger partial charge is 0.242 e. The van der Waals surface area contributed by atoms with Crippen molar-refractivity contribution in [1.82, 2.24) is 10.2 Å². The molecule has 0 bridgehead atoms. The number of nitriles is 1. The Morgan fingerprint density at radius 3 is 2.29 bits per heavy atom. The van der Waals surface area contributed by atoms with Gasteiger partial charge in [-0.05, 0) is 26.7 Å². The molecule has 0 aromatic heterocycles. The summed E-state index contributed by atoms with van der Waals surface area (Å²) in [4.78, 5) is 24.6. The van der Waals surface area contributed by atoms with E-state index in [0.717, 1.165) is 12.8 Å². The number of amides is 2. The maximum atomic E-state index is 12.0. The van der Waals surface area contributed by atoms with Crippen molar-refractivity contribution in [2.24, 2.45) is 5.41 Å². The Morgan fingerprint density at radius 2 is 1.88 bits per heavy atom. The van der Waals surface area contributed by atoms with E-state index in [1.807, 2.05) is 6.07 Å². The minimum atomic E-state index is -0.957. The van der Waals surface area contributed by atoms with Gasteiger partial charge in [0.1, 0.15) is 5.41 Å². The molecule has 0 saturated carbocycles. The average Bonchev–Trinajstić information content (AvgIpc) is 2.28. The van der Waals surface area contributed by atoms with Crippen molar-refractivity contribution in [2.75, 3.05) is 13.1 Å². The Labute approximate surface area is 102 Å². The van der Waals surface area contributed by atoms with Crippen LogP contribution in [-0.4, -0.2) is 35.8 Å². The lowest BCUT2D eigenvalue weighted by Gasteiger charge is -2.34. The van der Waals surface area contributed by atoms with E-state index in [2.05, 4.69) is 5.32 Å². The van der Waals surface area contributed by atoms with Crippen molar-refractivity contribution < 1.29 is 9.59 Å². The molecule has 5 nitrogen and oxygen atoms in total. The van der Waals surface area contributed by atoms with Crippen molar-refractivity contribution >= 4 is 11.8 Å². The van der Waals surface area contributed by atoms with E-state index in [4.69, 9.17) is 5.26 Å². The monoisotopic (exact) mass is 237 g/mol. The Morgan fingerprint density at radius 1 is 1.35 bits per heavy atom. The van der Waals surface area contributed by atoms with Gasteiger partial charge in [-0.3, -0.25) is 9.59 Å². The van der Waals surface area contributed by atoms with E-state index >= 15 is 0 Å². The number of hydrogen-bond acceptors (Lipinski definition) is 3. The number of carbonyl (C=O) groups excluding carboxylic acids is 2. The van der Waals surface area contributed by atoms with Crippen LogP contribution < -0.4 is 5.32 Å². The molecule has 1 saturated heterocycles. The summed E-state index contributed by atoms with van der Waals surface area (Å²) >= 11 is 0. The molecule has 0 aromatic rings. The molecule has 1 N–H and O–H groups in total. The molecule has 0 radical (unpaired) electrons. The quantitative estimate of drug-likeness (QED) is 0.767. The zero-order valence-corrected chi connectivity index (χ0v) is 10.6. The molecule has 0 aromatic carbocycles. The first kappa shape index (κ1) is 13.5. The fraction of sp³-hybridized carbons (Fsp3) is 0.750. The minimum absolute atomic E-state index is 0.0351. The second-order valence-electron chi connectivity index (χ2n) is 5.00. The molecule has 1 rings (SSSR count). The Balaban J connectivity index is 2.50. The van der Waals surface area contributed by atoms with Crippen LogP contribution in [0.5, 0.6) is 0 Å². The maximum Gasteiger partial charge on any atom is 0.242 e. The van der Waals surface area contributed by atoms with Gasteiger partial charge in [0.2, 0.25) is 11.8 Å². The van der Waals surface area contributed by atoms with Crippen LogP contribution in [-0.2, 0) is 9.59 Å². The van der Waals surface area contributed by atoms with Gasteiger partial charge in [-0.25, -0.2) is 0 Å². The number of carbonyl (C=O) groups is 2. The molecule has 0 spiro atoms. The number of hydrogen-bond donors (Lipinski definition) is 1. The van der Waals surface area contributed by atoms with Crippen LogP contribution in [0.4, 0.5) is 0 Å². The number of piperidine rings is 1. The summed E-state index contributed by atoms with van der Waals surface area (Å²) in [5, 5.41) is 11.8. The predicted molar refractivity (Wildman–Crippen MR) is 62.8 cm³/mol. The standard InChI is InChI=1S/C12H19N3O2/c1-9(16)14-10-4-6-15(7-5-10)11(17)12(2,3)8-13/h10H,4-7H2,1-3H3,(H,14,16). The first-order valence-corrected chi connectivity index (χ1v) is 5.84. The van der Waals surface area contributed by atoms with Crippen molar-refractivity contribution in [2.45, 2.75) is 39.7 Å². The summed E-state index contributed by atoms with van der Waals surface area (Å²) in [6, 6.07) is 2.18. The molecule has 17 heavy (non-hydrogen) atoms. The summed E-state index contributed by atoms with van der Waals surface area (Å²) in [6.07, 6.45) is 1.51. The van der Waals surface area contributed by atoms with Crippen LogP contribution in [0.1, 0.15) is 33.6 Å². The summed E-state index contributed by atoms with van der Waals surface area (Å²) in [5.74, 6) is -0.159. The SMILES string of the molecule is CC(=O)NC1CCN(C(=O)C(C)(C)C#N)CC1. The fourth-order valence-corrected chi connectivity index (χ4v) is 1.96. The summed E-state index contributed by atoms with van der Waals surface area (Å²) < 4.78 is 0. The highest BCUT2D eigenvalue weighted by Gasteiger charge is 2.34. The Bertz CT molecular complexity index is 349. The molecule has 0 unspecified atom stereocenters. The molecular formula is C12H19N3O2. The molecule has 94 valence electrons. The average molecular weight is 237 g/mol. The molecular weight excluding hydrogens is 218 g/mol. The van der Waals surface area contributed by atoms with Gasteiger partial charge in [0.25, 0.3) is 0 Å². The highest BCUT2D eigenvalue weighted by atomic mass is 16.2. The maximum absolute atomic E-state index is 12.0. The fourth-order valence-electron chi connectivity index (χ4n) is 1.96. The molecule has 2 amide bonds. The van der Waals surface area contributed by atoms with Gasteiger partial charge < -0.3 is 10.2 Å². The Hall–Kier alpha value is -1.57. The minimum Gasteiger partial charge on any atom is -0.353 e. The first-order chi connectivity index (χ1) is 7.86. The molecule has 0 aliphatic carbocycles. The van der Waals surface area contributed by atoms with Crippen LogP contribution in [0.3, 0.4) is 0 Å². The second kappa shape index (κ2) is 5.17. The van der Waals surface area contributed by atoms with E-state index in [-0.39, 0.29) is 17.9 Å². The van der Waals surface area contributed by atoms with E-state index in [1.165, 1.54) is 6.92 Å². The third-order valence-corrected chi connectivity index (χ3v) is 3.00. The van der Waals surface area contributed by atoms with Gasteiger partial charge in [-0.15, -0.1) is 0 Å². The topological polar surface area (TPSA) is 73.2 Å². The van der Waals surface area contributed by atoms with Crippen molar-refractivity contribution in [3.8, 4) is 6.07 Å². The lowest BCUT2D eigenvalue weighted by Crippen LogP contribution is -2.49. The predicted octanol–water partition coefficient (Wildman–Crippen LogP) is 0.663. The van der Waals surface area contributed by atoms with Crippen LogP contribution >= 0.6 is 0 Å². The van der Waals surface area contributed by atoms with Crippen LogP contribution in [0, 0.1) is 16.7 Å². The van der Waals surface area contributed by atoms with E-state index < -0.39 is 5.41 Å². The van der Waals surface area contributed by atoms with Crippen molar-refractivity contribution in [3.05, 3.63) is 0 Å². The zero-order valence-electron chi connectivity index (χ0n) is 10.6. The van der Waals surface area contributed by atoms with E-state index in [9.17, 15) is 9.59 Å².